The van der Waals surface area contributed by atoms with E-state index in [4.69, 9.17) is 5.73 Å². The van der Waals surface area contributed by atoms with Crippen LogP contribution in [0.15, 0.2) is 30.3 Å². The van der Waals surface area contributed by atoms with Crippen molar-refractivity contribution in [3.05, 3.63) is 35.9 Å². The van der Waals surface area contributed by atoms with Gasteiger partial charge in [0.15, 0.2) is 6.04 Å². The van der Waals surface area contributed by atoms with Gasteiger partial charge in [-0.2, -0.15) is 0 Å². The van der Waals surface area contributed by atoms with Crippen LogP contribution in [-0.2, 0) is 25.6 Å². The number of rotatable bonds is 11. The number of hydrogen-bond donors (Lipinski definition) is 6. The Morgan fingerprint density at radius 3 is 1.97 bits per heavy atom. The van der Waals surface area contributed by atoms with Gasteiger partial charge in [-0.05, 0) is 25.3 Å². The van der Waals surface area contributed by atoms with Gasteiger partial charge in [0.1, 0.15) is 12.1 Å². The van der Waals surface area contributed by atoms with E-state index in [0.29, 0.717) is 0 Å². The molecule has 0 heterocycles. The first-order valence-electron chi connectivity index (χ1n) is 10.1. The van der Waals surface area contributed by atoms with Crippen LogP contribution in [0.4, 0.5) is 0 Å². The van der Waals surface area contributed by atoms with Gasteiger partial charge in [-0.15, -0.1) is 0 Å². The molecule has 1 rings (SSSR count). The van der Waals surface area contributed by atoms with Gasteiger partial charge < -0.3 is 31.9 Å². The van der Waals surface area contributed by atoms with E-state index in [-0.39, 0.29) is 12.3 Å². The van der Waals surface area contributed by atoms with E-state index < -0.39 is 54.0 Å². The van der Waals surface area contributed by atoms with E-state index in [2.05, 4.69) is 16.0 Å². The van der Waals surface area contributed by atoms with Crippen LogP contribution in [-0.4, -0.2) is 64.2 Å². The highest BCUT2D eigenvalue weighted by Crippen LogP contribution is 2.06. The standard InChI is InChI=1S/C21H32N4O6/c1-11(2)16(22)20(29)23-12(3)18(27)24-15(10-14-8-6-5-7-9-14)19(28)25-17(13(4)26)21(30)31/h5-9,11-13,15-17,26H,10,22H2,1-4H3,(H,23,29)(H,24,27)(H,25,28)(H,30,31). The zero-order valence-corrected chi connectivity index (χ0v) is 18.2. The molecular weight excluding hydrogens is 404 g/mol. The third-order valence-electron chi connectivity index (χ3n) is 4.73. The number of carbonyl (C=O) groups excluding carboxylic acids is 3. The molecule has 0 aliphatic rings. The van der Waals surface area contributed by atoms with E-state index in [1.54, 1.807) is 44.2 Å². The van der Waals surface area contributed by atoms with E-state index >= 15 is 0 Å². The molecule has 10 heteroatoms. The molecule has 7 N–H and O–H groups in total. The second-order valence-corrected chi connectivity index (χ2v) is 7.82. The highest BCUT2D eigenvalue weighted by atomic mass is 16.4. The zero-order valence-electron chi connectivity index (χ0n) is 18.2. The van der Waals surface area contributed by atoms with Crippen molar-refractivity contribution >= 4 is 23.7 Å². The number of aliphatic carboxylic acids is 1. The van der Waals surface area contributed by atoms with Crippen LogP contribution in [0.2, 0.25) is 0 Å². The Hall–Kier alpha value is -2.98. The lowest BCUT2D eigenvalue weighted by Gasteiger charge is -2.25. The molecule has 0 saturated heterocycles. The van der Waals surface area contributed by atoms with Gasteiger partial charge >= 0.3 is 5.97 Å². The van der Waals surface area contributed by atoms with Gasteiger partial charge in [0.05, 0.1) is 12.1 Å². The van der Waals surface area contributed by atoms with Crippen LogP contribution in [0.3, 0.4) is 0 Å². The predicted octanol–water partition coefficient (Wildman–Crippen LogP) is -0.848. The van der Waals surface area contributed by atoms with Crippen molar-refractivity contribution in [1.29, 1.82) is 0 Å². The quantitative estimate of drug-likeness (QED) is 0.262. The smallest absolute Gasteiger partial charge is 0.328 e. The van der Waals surface area contributed by atoms with Gasteiger partial charge in [-0.25, -0.2) is 4.79 Å². The normalized spacial score (nSPS) is 15.8. The van der Waals surface area contributed by atoms with Crippen molar-refractivity contribution in [1.82, 2.24) is 16.0 Å². The minimum atomic E-state index is -1.54. The Kier molecular flexibility index (Phi) is 10.1. The first-order valence-corrected chi connectivity index (χ1v) is 10.1. The van der Waals surface area contributed by atoms with Crippen LogP contribution in [0.5, 0.6) is 0 Å². The number of carboxylic acids is 1. The van der Waals surface area contributed by atoms with Crippen LogP contribution < -0.4 is 21.7 Å². The maximum Gasteiger partial charge on any atom is 0.328 e. The monoisotopic (exact) mass is 436 g/mol. The minimum Gasteiger partial charge on any atom is -0.480 e. The fraction of sp³-hybridized carbons (Fsp3) is 0.524. The maximum atomic E-state index is 12.7. The number of benzene rings is 1. The number of amides is 3. The Balaban J connectivity index is 2.95. The third-order valence-corrected chi connectivity index (χ3v) is 4.73. The van der Waals surface area contributed by atoms with E-state index in [1.807, 2.05) is 0 Å². The van der Waals surface area contributed by atoms with E-state index in [1.165, 1.54) is 13.8 Å². The Morgan fingerprint density at radius 2 is 1.48 bits per heavy atom. The predicted molar refractivity (Wildman–Crippen MR) is 114 cm³/mol. The molecule has 0 fully saturated rings. The summed E-state index contributed by atoms with van der Waals surface area (Å²) >= 11 is 0. The number of carboxylic acid groups (broad SMARTS) is 1. The first-order chi connectivity index (χ1) is 14.4. The lowest BCUT2D eigenvalue weighted by Crippen LogP contribution is -2.58. The molecule has 10 nitrogen and oxygen atoms in total. The second kappa shape index (κ2) is 12.0. The topological polar surface area (TPSA) is 171 Å². The number of nitrogens with two attached hydrogens (primary N) is 1. The van der Waals surface area contributed by atoms with Crippen LogP contribution >= 0.6 is 0 Å². The molecule has 172 valence electrons. The van der Waals surface area contributed by atoms with Gasteiger partial charge in [-0.3, -0.25) is 14.4 Å². The molecule has 0 radical (unpaired) electrons. The summed E-state index contributed by atoms with van der Waals surface area (Å²) in [5, 5.41) is 26.1. The molecule has 0 aromatic heterocycles. The first kappa shape index (κ1) is 26.1. The summed E-state index contributed by atoms with van der Waals surface area (Å²) in [5.41, 5.74) is 6.51. The summed E-state index contributed by atoms with van der Waals surface area (Å²) in [4.78, 5) is 48.8. The second-order valence-electron chi connectivity index (χ2n) is 7.82. The molecule has 1 aromatic carbocycles. The largest absolute Gasteiger partial charge is 0.480 e. The van der Waals surface area contributed by atoms with Crippen molar-refractivity contribution in [2.24, 2.45) is 11.7 Å². The average Bonchev–Trinajstić information content (AvgIpc) is 2.70. The van der Waals surface area contributed by atoms with Gasteiger partial charge in [-0.1, -0.05) is 44.2 Å². The van der Waals surface area contributed by atoms with Gasteiger partial charge in [0.2, 0.25) is 17.7 Å². The highest BCUT2D eigenvalue weighted by molar-refractivity contribution is 5.94. The fourth-order valence-electron chi connectivity index (χ4n) is 2.68. The zero-order chi connectivity index (χ0) is 23.7. The summed E-state index contributed by atoms with van der Waals surface area (Å²) in [5.74, 6) is -3.44. The Morgan fingerprint density at radius 1 is 0.903 bits per heavy atom. The summed E-state index contributed by atoms with van der Waals surface area (Å²) in [6, 6.07) is 4.39. The number of aliphatic hydroxyl groups excluding tert-OH is 1. The van der Waals surface area contributed by atoms with Crippen molar-refractivity contribution in [2.75, 3.05) is 0 Å². The summed E-state index contributed by atoms with van der Waals surface area (Å²) in [6.45, 7) is 6.24. The fourth-order valence-corrected chi connectivity index (χ4v) is 2.68. The summed E-state index contributed by atoms with van der Waals surface area (Å²) < 4.78 is 0. The number of carbonyl (C=O) groups is 4. The molecular formula is C21H32N4O6. The van der Waals surface area contributed by atoms with Crippen LogP contribution in [0.25, 0.3) is 0 Å². The molecule has 5 unspecified atom stereocenters. The lowest BCUT2D eigenvalue weighted by atomic mass is 10.0. The molecule has 0 spiro atoms. The molecule has 3 amide bonds. The minimum absolute atomic E-state index is 0.0801. The molecule has 5 atom stereocenters. The maximum absolute atomic E-state index is 12.7. The number of hydrogen-bond acceptors (Lipinski definition) is 6. The SMILES string of the molecule is CC(NC(=O)C(N)C(C)C)C(=O)NC(Cc1ccccc1)C(=O)NC(C(=O)O)C(C)O. The van der Waals surface area contributed by atoms with Crippen molar-refractivity contribution < 1.29 is 29.4 Å². The van der Waals surface area contributed by atoms with Crippen molar-refractivity contribution in [2.45, 2.75) is 64.4 Å². The van der Waals surface area contributed by atoms with Gasteiger partial charge in [0, 0.05) is 6.42 Å². The molecule has 1 aromatic rings. The number of aliphatic hydroxyl groups is 1. The van der Waals surface area contributed by atoms with E-state index in [9.17, 15) is 29.4 Å². The van der Waals surface area contributed by atoms with E-state index in [0.717, 1.165) is 5.56 Å². The molecule has 31 heavy (non-hydrogen) atoms. The van der Waals surface area contributed by atoms with Crippen molar-refractivity contribution in [3.63, 3.8) is 0 Å². The van der Waals surface area contributed by atoms with Crippen LogP contribution in [0.1, 0.15) is 33.3 Å². The molecule has 0 aliphatic heterocycles. The van der Waals surface area contributed by atoms with Crippen molar-refractivity contribution in [3.8, 4) is 0 Å². The van der Waals surface area contributed by atoms with Gasteiger partial charge in [0.25, 0.3) is 0 Å². The number of nitrogens with one attached hydrogen (secondary N) is 3. The molecule has 0 saturated carbocycles. The Bertz CT molecular complexity index is 768. The average molecular weight is 437 g/mol. The molecule has 0 bridgehead atoms. The third kappa shape index (κ3) is 8.35. The Labute approximate surface area is 181 Å². The summed E-state index contributed by atoms with van der Waals surface area (Å²) in [6.07, 6.45) is -1.26. The highest BCUT2D eigenvalue weighted by Gasteiger charge is 2.31. The summed E-state index contributed by atoms with van der Waals surface area (Å²) in [7, 11) is 0. The molecule has 0 aliphatic carbocycles. The lowest BCUT2D eigenvalue weighted by molar-refractivity contribution is -0.145. The van der Waals surface area contributed by atoms with Crippen LogP contribution in [0, 0.1) is 5.92 Å².